The molecule has 1 amide bonds. The molecule has 6 nitrogen and oxygen atoms in total. The summed E-state index contributed by atoms with van der Waals surface area (Å²) >= 11 is 0. The van der Waals surface area contributed by atoms with Crippen molar-refractivity contribution in [2.45, 2.75) is 49.1 Å². The van der Waals surface area contributed by atoms with Crippen molar-refractivity contribution in [2.24, 2.45) is 0 Å². The highest BCUT2D eigenvalue weighted by Gasteiger charge is 2.24. The lowest BCUT2D eigenvalue weighted by Gasteiger charge is -2.26. The van der Waals surface area contributed by atoms with Crippen molar-refractivity contribution in [3.63, 3.8) is 0 Å². The van der Waals surface area contributed by atoms with Gasteiger partial charge in [-0.2, -0.15) is 0 Å². The highest BCUT2D eigenvalue weighted by molar-refractivity contribution is 7.89. The number of benzene rings is 2. The molecule has 1 heterocycles. The van der Waals surface area contributed by atoms with Crippen molar-refractivity contribution in [2.75, 3.05) is 13.2 Å². The number of carbonyl (C=O) groups is 1. The Morgan fingerprint density at radius 1 is 1.07 bits per heavy atom. The Bertz CT molecular complexity index is 984. The first-order chi connectivity index (χ1) is 14.0. The Morgan fingerprint density at radius 2 is 1.93 bits per heavy atom. The van der Waals surface area contributed by atoms with Gasteiger partial charge in [0.25, 0.3) is 5.91 Å². The van der Waals surface area contributed by atoms with Gasteiger partial charge in [0.1, 0.15) is 0 Å². The second-order valence-corrected chi connectivity index (χ2v) is 9.40. The Hall–Kier alpha value is -2.22. The van der Waals surface area contributed by atoms with E-state index in [4.69, 9.17) is 4.74 Å². The fourth-order valence-corrected chi connectivity index (χ4v) is 5.15. The van der Waals surface area contributed by atoms with Crippen LogP contribution >= 0.6 is 0 Å². The standard InChI is InChI=1S/C22H26N2O4S/c25-22(24-21-12-4-7-16-6-1-2-11-20(16)21)17-8-3-10-19(14-17)29(26,27)23-15-18-9-5-13-28-18/h1-3,6,8,10-11,14,18,21,23H,4-5,7,9,12-13,15H2,(H,24,25)/t18-,21+/m0/s1. The molecule has 0 unspecified atom stereocenters. The van der Waals surface area contributed by atoms with Crippen molar-refractivity contribution < 1.29 is 17.9 Å². The molecule has 0 saturated carbocycles. The van der Waals surface area contributed by atoms with Gasteiger partial charge in [0.05, 0.1) is 17.0 Å². The van der Waals surface area contributed by atoms with Crippen molar-refractivity contribution in [3.05, 3.63) is 65.2 Å². The number of hydrogen-bond donors (Lipinski definition) is 2. The number of ether oxygens (including phenoxy) is 1. The Labute approximate surface area is 171 Å². The first-order valence-electron chi connectivity index (χ1n) is 10.1. The molecule has 2 atom stereocenters. The van der Waals surface area contributed by atoms with Gasteiger partial charge in [-0.1, -0.05) is 30.3 Å². The van der Waals surface area contributed by atoms with Crippen LogP contribution in [0.1, 0.15) is 53.2 Å². The summed E-state index contributed by atoms with van der Waals surface area (Å²) in [5.41, 5.74) is 2.75. The molecule has 0 aromatic heterocycles. The van der Waals surface area contributed by atoms with Crippen LogP contribution in [-0.4, -0.2) is 33.6 Å². The molecule has 2 aromatic carbocycles. The number of rotatable bonds is 6. The van der Waals surface area contributed by atoms with Crippen molar-refractivity contribution >= 4 is 15.9 Å². The molecule has 154 valence electrons. The minimum atomic E-state index is -3.70. The van der Waals surface area contributed by atoms with Crippen LogP contribution in [0.15, 0.2) is 53.4 Å². The highest BCUT2D eigenvalue weighted by atomic mass is 32.2. The monoisotopic (exact) mass is 414 g/mol. The van der Waals surface area contributed by atoms with Gasteiger partial charge in [0.2, 0.25) is 10.0 Å². The molecular weight excluding hydrogens is 388 g/mol. The number of hydrogen-bond acceptors (Lipinski definition) is 4. The molecule has 0 radical (unpaired) electrons. The predicted molar refractivity (Wildman–Crippen MR) is 110 cm³/mol. The molecule has 0 spiro atoms. The average molecular weight is 415 g/mol. The van der Waals surface area contributed by atoms with Crippen LogP contribution < -0.4 is 10.0 Å². The molecule has 2 aromatic rings. The van der Waals surface area contributed by atoms with E-state index in [9.17, 15) is 13.2 Å². The second kappa shape index (κ2) is 8.65. The zero-order valence-electron chi connectivity index (χ0n) is 16.3. The number of fused-ring (bicyclic) bond motifs is 1. The van der Waals surface area contributed by atoms with E-state index in [1.807, 2.05) is 12.1 Å². The van der Waals surface area contributed by atoms with Gasteiger partial charge in [-0.15, -0.1) is 0 Å². The highest BCUT2D eigenvalue weighted by Crippen LogP contribution is 2.29. The van der Waals surface area contributed by atoms with Gasteiger partial charge >= 0.3 is 0 Å². The topological polar surface area (TPSA) is 84.5 Å². The van der Waals surface area contributed by atoms with E-state index in [1.165, 1.54) is 17.7 Å². The van der Waals surface area contributed by atoms with Crippen LogP contribution in [0.3, 0.4) is 0 Å². The zero-order valence-corrected chi connectivity index (χ0v) is 17.1. The molecule has 1 fully saturated rings. The largest absolute Gasteiger partial charge is 0.377 e. The minimum absolute atomic E-state index is 0.0506. The van der Waals surface area contributed by atoms with E-state index in [0.717, 1.165) is 37.7 Å². The summed E-state index contributed by atoms with van der Waals surface area (Å²) in [5.74, 6) is -0.261. The maximum absolute atomic E-state index is 12.8. The van der Waals surface area contributed by atoms with Crippen LogP contribution in [0.4, 0.5) is 0 Å². The van der Waals surface area contributed by atoms with Gasteiger partial charge in [0, 0.05) is 18.7 Å². The third-order valence-electron chi connectivity index (χ3n) is 5.61. The number of nitrogens with one attached hydrogen (secondary N) is 2. The van der Waals surface area contributed by atoms with E-state index in [-0.39, 0.29) is 29.5 Å². The summed E-state index contributed by atoms with van der Waals surface area (Å²) in [6.45, 7) is 0.921. The number of carbonyl (C=O) groups excluding carboxylic acids is 1. The molecule has 1 aliphatic carbocycles. The fraction of sp³-hybridized carbons (Fsp3) is 0.409. The summed E-state index contributed by atoms with van der Waals surface area (Å²) in [5, 5.41) is 3.07. The van der Waals surface area contributed by atoms with Gasteiger partial charge in [0.15, 0.2) is 0 Å². The van der Waals surface area contributed by atoms with Crippen molar-refractivity contribution in [3.8, 4) is 0 Å². The third-order valence-corrected chi connectivity index (χ3v) is 7.03. The van der Waals surface area contributed by atoms with Crippen LogP contribution in [0.5, 0.6) is 0 Å². The maximum Gasteiger partial charge on any atom is 0.251 e. The van der Waals surface area contributed by atoms with Gasteiger partial charge in [-0.3, -0.25) is 4.79 Å². The van der Waals surface area contributed by atoms with Gasteiger partial charge in [-0.05, 0) is 61.4 Å². The summed E-state index contributed by atoms with van der Waals surface area (Å²) in [7, 11) is -3.70. The quantitative estimate of drug-likeness (QED) is 0.761. The summed E-state index contributed by atoms with van der Waals surface area (Å²) < 4.78 is 33.3. The molecule has 4 rings (SSSR count). The van der Waals surface area contributed by atoms with Crippen LogP contribution in [-0.2, 0) is 21.2 Å². The third kappa shape index (κ3) is 4.69. The van der Waals surface area contributed by atoms with E-state index >= 15 is 0 Å². The first-order valence-corrected chi connectivity index (χ1v) is 11.6. The lowest BCUT2D eigenvalue weighted by Crippen LogP contribution is -2.33. The van der Waals surface area contributed by atoms with Gasteiger partial charge < -0.3 is 10.1 Å². The molecule has 7 heteroatoms. The summed E-state index contributed by atoms with van der Waals surface area (Å²) in [6, 6.07) is 14.3. The minimum Gasteiger partial charge on any atom is -0.377 e. The van der Waals surface area contributed by atoms with Crippen LogP contribution in [0.25, 0.3) is 0 Å². The molecule has 29 heavy (non-hydrogen) atoms. The van der Waals surface area contributed by atoms with Crippen molar-refractivity contribution in [1.29, 1.82) is 0 Å². The molecule has 1 saturated heterocycles. The number of aryl methyl sites for hydroxylation is 1. The van der Waals surface area contributed by atoms with E-state index in [1.54, 1.807) is 12.1 Å². The van der Waals surface area contributed by atoms with Crippen LogP contribution in [0.2, 0.25) is 0 Å². The Morgan fingerprint density at radius 3 is 2.76 bits per heavy atom. The molecule has 2 N–H and O–H groups in total. The fourth-order valence-electron chi connectivity index (χ4n) is 4.04. The lowest BCUT2D eigenvalue weighted by molar-refractivity contribution is 0.0932. The normalized spacial score (nSPS) is 21.5. The van der Waals surface area contributed by atoms with E-state index in [0.29, 0.717) is 12.2 Å². The SMILES string of the molecule is O=C(N[C@@H]1CCCc2ccccc21)c1cccc(S(=O)(=O)NC[C@@H]2CCCO2)c1. The summed E-state index contributed by atoms with van der Waals surface area (Å²) in [6.07, 6.45) is 4.64. The molecule has 2 aliphatic rings. The first kappa shape index (κ1) is 20.1. The van der Waals surface area contributed by atoms with Crippen LogP contribution in [0, 0.1) is 0 Å². The Kier molecular flexibility index (Phi) is 5.99. The summed E-state index contributed by atoms with van der Waals surface area (Å²) in [4.78, 5) is 12.9. The molecular formula is C22H26N2O4S. The van der Waals surface area contributed by atoms with E-state index < -0.39 is 10.0 Å². The van der Waals surface area contributed by atoms with E-state index in [2.05, 4.69) is 22.2 Å². The smallest absolute Gasteiger partial charge is 0.251 e. The second-order valence-electron chi connectivity index (χ2n) is 7.63. The van der Waals surface area contributed by atoms with Gasteiger partial charge in [-0.25, -0.2) is 13.1 Å². The molecule has 0 bridgehead atoms. The maximum atomic E-state index is 12.8. The average Bonchev–Trinajstić information content (AvgIpc) is 3.26. The van der Waals surface area contributed by atoms with Crippen molar-refractivity contribution in [1.82, 2.24) is 10.0 Å². The lowest BCUT2D eigenvalue weighted by atomic mass is 9.87. The predicted octanol–water partition coefficient (Wildman–Crippen LogP) is 2.95. The zero-order chi connectivity index (χ0) is 20.3. The number of sulfonamides is 1. The Balaban J connectivity index is 1.46. The molecule has 1 aliphatic heterocycles. The number of amides is 1.